The summed E-state index contributed by atoms with van der Waals surface area (Å²) in [7, 11) is 0. The number of oxazole rings is 1. The normalized spacial score (nSPS) is 11.8. The van der Waals surface area contributed by atoms with Crippen molar-refractivity contribution in [2.45, 2.75) is 19.4 Å². The monoisotopic (exact) mass is 354 g/mol. The number of amides is 1. The molecule has 1 unspecified atom stereocenters. The first-order valence-corrected chi connectivity index (χ1v) is 8.30. The largest absolute Gasteiger partial charge is 0.493 e. The van der Waals surface area contributed by atoms with Crippen LogP contribution >= 0.6 is 0 Å². The van der Waals surface area contributed by atoms with E-state index in [0.717, 1.165) is 11.3 Å². The van der Waals surface area contributed by atoms with Crippen molar-refractivity contribution in [1.29, 1.82) is 0 Å². The highest BCUT2D eigenvalue weighted by atomic mass is 19.1. The fourth-order valence-corrected chi connectivity index (χ4v) is 2.39. The number of carbonyl (C=O) groups excluding carboxylic acids is 1. The summed E-state index contributed by atoms with van der Waals surface area (Å²) in [5, 5.41) is 2.82. The molecule has 0 aliphatic carbocycles. The van der Waals surface area contributed by atoms with E-state index in [4.69, 9.17) is 9.15 Å². The molecule has 0 saturated carbocycles. The third-order valence-electron chi connectivity index (χ3n) is 3.74. The van der Waals surface area contributed by atoms with Crippen LogP contribution < -0.4 is 10.1 Å². The van der Waals surface area contributed by atoms with Crippen LogP contribution in [0, 0.1) is 5.82 Å². The quantitative estimate of drug-likeness (QED) is 0.693. The Morgan fingerprint density at radius 2 is 1.92 bits per heavy atom. The number of para-hydroxylation sites is 1. The van der Waals surface area contributed by atoms with Gasteiger partial charge in [0.1, 0.15) is 17.6 Å². The standard InChI is InChI=1S/C20H19FN2O3/c1-14(23-19(24)11-12-25-17-5-3-2-4-6-17)20-22-13-18(26-20)15-7-9-16(21)10-8-15/h2-10,13-14H,11-12H2,1H3,(H,23,24). The predicted molar refractivity (Wildman–Crippen MR) is 95.0 cm³/mol. The number of nitrogens with zero attached hydrogens (tertiary/aromatic N) is 1. The molecule has 0 aliphatic rings. The van der Waals surface area contributed by atoms with Crippen LogP contribution in [0.3, 0.4) is 0 Å². The van der Waals surface area contributed by atoms with Gasteiger partial charge in [-0.3, -0.25) is 4.79 Å². The van der Waals surface area contributed by atoms with Gasteiger partial charge in [-0.05, 0) is 43.3 Å². The Hall–Kier alpha value is -3.15. The summed E-state index contributed by atoms with van der Waals surface area (Å²) in [6.45, 7) is 2.07. The van der Waals surface area contributed by atoms with Crippen molar-refractivity contribution in [3.05, 3.63) is 72.5 Å². The first-order chi connectivity index (χ1) is 12.6. The van der Waals surface area contributed by atoms with Gasteiger partial charge < -0.3 is 14.5 Å². The molecule has 5 nitrogen and oxygen atoms in total. The number of ether oxygens (including phenoxy) is 1. The van der Waals surface area contributed by atoms with Gasteiger partial charge in [0.15, 0.2) is 5.76 Å². The molecule has 0 spiro atoms. The third kappa shape index (κ3) is 4.69. The van der Waals surface area contributed by atoms with E-state index in [9.17, 15) is 9.18 Å². The second-order valence-corrected chi connectivity index (χ2v) is 5.77. The zero-order valence-corrected chi connectivity index (χ0v) is 14.3. The number of carbonyl (C=O) groups is 1. The van der Waals surface area contributed by atoms with Crippen LogP contribution in [0.4, 0.5) is 4.39 Å². The maximum Gasteiger partial charge on any atom is 0.224 e. The van der Waals surface area contributed by atoms with Gasteiger partial charge in [-0.1, -0.05) is 18.2 Å². The predicted octanol–water partition coefficient (Wildman–Crippen LogP) is 4.13. The molecule has 26 heavy (non-hydrogen) atoms. The van der Waals surface area contributed by atoms with Crippen LogP contribution in [0.25, 0.3) is 11.3 Å². The molecule has 0 fully saturated rings. The Kier molecular flexibility index (Phi) is 5.63. The van der Waals surface area contributed by atoms with E-state index < -0.39 is 0 Å². The fourth-order valence-electron chi connectivity index (χ4n) is 2.39. The molecular formula is C20H19FN2O3. The van der Waals surface area contributed by atoms with Gasteiger partial charge in [-0.15, -0.1) is 0 Å². The van der Waals surface area contributed by atoms with Crippen molar-refractivity contribution in [2.24, 2.45) is 0 Å². The highest BCUT2D eigenvalue weighted by Gasteiger charge is 2.16. The van der Waals surface area contributed by atoms with Gasteiger partial charge in [-0.2, -0.15) is 0 Å². The minimum absolute atomic E-state index is 0.157. The average Bonchev–Trinajstić information content (AvgIpc) is 3.13. The molecule has 3 rings (SSSR count). The maximum atomic E-state index is 13.0. The second kappa shape index (κ2) is 8.29. The van der Waals surface area contributed by atoms with Gasteiger partial charge >= 0.3 is 0 Å². The molecule has 134 valence electrons. The summed E-state index contributed by atoms with van der Waals surface area (Å²) in [6, 6.07) is 14.9. The van der Waals surface area contributed by atoms with Crippen LogP contribution in [0.2, 0.25) is 0 Å². The zero-order valence-electron chi connectivity index (χ0n) is 14.3. The highest BCUT2D eigenvalue weighted by Crippen LogP contribution is 2.23. The summed E-state index contributed by atoms with van der Waals surface area (Å²) in [5.41, 5.74) is 0.722. The Balaban J connectivity index is 1.50. The van der Waals surface area contributed by atoms with Crippen LogP contribution in [0.1, 0.15) is 25.3 Å². The minimum atomic E-state index is -0.381. The molecule has 0 saturated heterocycles. The Bertz CT molecular complexity index is 847. The number of rotatable bonds is 7. The van der Waals surface area contributed by atoms with Crippen LogP contribution in [-0.4, -0.2) is 17.5 Å². The van der Waals surface area contributed by atoms with E-state index in [1.807, 2.05) is 30.3 Å². The van der Waals surface area contributed by atoms with Crippen molar-refractivity contribution < 1.29 is 18.3 Å². The van der Waals surface area contributed by atoms with E-state index in [1.165, 1.54) is 12.1 Å². The van der Waals surface area contributed by atoms with Crippen molar-refractivity contribution >= 4 is 5.91 Å². The van der Waals surface area contributed by atoms with E-state index in [-0.39, 0.29) is 30.8 Å². The molecule has 0 aliphatic heterocycles. The average molecular weight is 354 g/mol. The zero-order chi connectivity index (χ0) is 18.4. The number of hydrogen-bond donors (Lipinski definition) is 1. The Morgan fingerprint density at radius 1 is 1.19 bits per heavy atom. The molecule has 1 amide bonds. The molecule has 1 atom stereocenters. The van der Waals surface area contributed by atoms with Crippen LogP contribution in [-0.2, 0) is 4.79 Å². The Labute approximate surface area is 150 Å². The lowest BCUT2D eigenvalue weighted by atomic mass is 10.2. The summed E-state index contributed by atoms with van der Waals surface area (Å²) in [4.78, 5) is 16.2. The summed E-state index contributed by atoms with van der Waals surface area (Å²) >= 11 is 0. The van der Waals surface area contributed by atoms with E-state index in [2.05, 4.69) is 10.3 Å². The lowest BCUT2D eigenvalue weighted by molar-refractivity contribution is -0.122. The number of benzene rings is 2. The fraction of sp³-hybridized carbons (Fsp3) is 0.200. The minimum Gasteiger partial charge on any atom is -0.493 e. The molecular weight excluding hydrogens is 335 g/mol. The van der Waals surface area contributed by atoms with Crippen LogP contribution in [0.5, 0.6) is 5.75 Å². The number of nitrogens with one attached hydrogen (secondary N) is 1. The van der Waals surface area contributed by atoms with E-state index in [1.54, 1.807) is 25.3 Å². The van der Waals surface area contributed by atoms with Crippen molar-refractivity contribution in [3.8, 4) is 17.1 Å². The molecule has 3 aromatic rings. The number of hydrogen-bond acceptors (Lipinski definition) is 4. The van der Waals surface area contributed by atoms with Crippen molar-refractivity contribution in [1.82, 2.24) is 10.3 Å². The lowest BCUT2D eigenvalue weighted by Gasteiger charge is -2.11. The third-order valence-corrected chi connectivity index (χ3v) is 3.74. The van der Waals surface area contributed by atoms with Crippen molar-refractivity contribution in [2.75, 3.05) is 6.61 Å². The number of halogens is 1. The molecule has 0 bridgehead atoms. The topological polar surface area (TPSA) is 64.4 Å². The van der Waals surface area contributed by atoms with E-state index in [0.29, 0.717) is 11.7 Å². The maximum absolute atomic E-state index is 13.0. The SMILES string of the molecule is CC(NC(=O)CCOc1ccccc1)c1ncc(-c2ccc(F)cc2)o1. The van der Waals surface area contributed by atoms with Crippen molar-refractivity contribution in [3.63, 3.8) is 0 Å². The van der Waals surface area contributed by atoms with E-state index >= 15 is 0 Å². The molecule has 6 heteroatoms. The van der Waals surface area contributed by atoms with Gasteiger partial charge in [0.2, 0.25) is 11.8 Å². The van der Waals surface area contributed by atoms with Crippen LogP contribution in [0.15, 0.2) is 65.2 Å². The Morgan fingerprint density at radius 3 is 2.65 bits per heavy atom. The van der Waals surface area contributed by atoms with Gasteiger partial charge in [-0.25, -0.2) is 9.37 Å². The summed E-state index contributed by atoms with van der Waals surface area (Å²) < 4.78 is 24.2. The van der Waals surface area contributed by atoms with Gasteiger partial charge in [0.25, 0.3) is 0 Å². The lowest BCUT2D eigenvalue weighted by Crippen LogP contribution is -2.28. The molecule has 1 N–H and O–H groups in total. The molecule has 0 radical (unpaired) electrons. The smallest absolute Gasteiger partial charge is 0.224 e. The first-order valence-electron chi connectivity index (χ1n) is 8.30. The summed E-state index contributed by atoms with van der Waals surface area (Å²) in [6.07, 6.45) is 1.79. The number of aromatic nitrogens is 1. The van der Waals surface area contributed by atoms with Gasteiger partial charge in [0, 0.05) is 5.56 Å². The first kappa shape index (κ1) is 17.7. The molecule has 1 aromatic heterocycles. The highest BCUT2D eigenvalue weighted by molar-refractivity contribution is 5.76. The van der Waals surface area contributed by atoms with Gasteiger partial charge in [0.05, 0.1) is 19.2 Å². The summed E-state index contributed by atoms with van der Waals surface area (Å²) in [5.74, 6) is 1.17. The molecule has 2 aromatic carbocycles. The molecule has 1 heterocycles. The second-order valence-electron chi connectivity index (χ2n) is 5.77.